The van der Waals surface area contributed by atoms with Gasteiger partial charge in [-0.25, -0.2) is 0 Å². The maximum absolute atomic E-state index is 5.69. The summed E-state index contributed by atoms with van der Waals surface area (Å²) >= 11 is 0. The zero-order valence-electron chi connectivity index (χ0n) is 10.00. The largest absolute Gasteiger partial charge is 0.330 e. The predicted molar refractivity (Wildman–Crippen MR) is 62.3 cm³/mol. The summed E-state index contributed by atoms with van der Waals surface area (Å²) < 4.78 is 0. The van der Waals surface area contributed by atoms with Crippen molar-refractivity contribution in [2.24, 2.45) is 17.6 Å². The second-order valence-electron chi connectivity index (χ2n) is 4.84. The SMILES string of the molecule is CCC(C)C(C)N1CCC(CN)CC1. The monoisotopic (exact) mass is 198 g/mol. The Morgan fingerprint density at radius 2 is 1.86 bits per heavy atom. The highest BCUT2D eigenvalue weighted by Gasteiger charge is 2.24. The quantitative estimate of drug-likeness (QED) is 0.749. The molecule has 1 heterocycles. The van der Waals surface area contributed by atoms with Gasteiger partial charge in [0.25, 0.3) is 0 Å². The van der Waals surface area contributed by atoms with Gasteiger partial charge in [0.05, 0.1) is 0 Å². The summed E-state index contributed by atoms with van der Waals surface area (Å²) in [6.07, 6.45) is 3.90. The lowest BCUT2D eigenvalue weighted by Crippen LogP contribution is -2.43. The Morgan fingerprint density at radius 1 is 1.29 bits per heavy atom. The van der Waals surface area contributed by atoms with Gasteiger partial charge in [-0.05, 0) is 51.2 Å². The van der Waals surface area contributed by atoms with E-state index in [4.69, 9.17) is 5.73 Å². The lowest BCUT2D eigenvalue weighted by Gasteiger charge is -2.38. The Labute approximate surface area is 88.8 Å². The van der Waals surface area contributed by atoms with Gasteiger partial charge in [0, 0.05) is 6.04 Å². The van der Waals surface area contributed by atoms with E-state index in [2.05, 4.69) is 25.7 Å². The maximum Gasteiger partial charge on any atom is 0.00924 e. The minimum absolute atomic E-state index is 0.749. The fourth-order valence-electron chi connectivity index (χ4n) is 2.30. The van der Waals surface area contributed by atoms with E-state index >= 15 is 0 Å². The van der Waals surface area contributed by atoms with Gasteiger partial charge in [-0.2, -0.15) is 0 Å². The molecule has 0 amide bonds. The molecular weight excluding hydrogens is 172 g/mol. The van der Waals surface area contributed by atoms with Crippen LogP contribution >= 0.6 is 0 Å². The molecule has 2 atom stereocenters. The molecule has 0 bridgehead atoms. The summed E-state index contributed by atoms with van der Waals surface area (Å²) in [6.45, 7) is 10.4. The molecule has 1 aliphatic heterocycles. The summed E-state index contributed by atoms with van der Waals surface area (Å²) in [7, 11) is 0. The van der Waals surface area contributed by atoms with E-state index in [-0.39, 0.29) is 0 Å². The van der Waals surface area contributed by atoms with E-state index < -0.39 is 0 Å². The first-order chi connectivity index (χ1) is 6.69. The first-order valence-corrected chi connectivity index (χ1v) is 6.13. The van der Waals surface area contributed by atoms with Crippen LogP contribution in [0.1, 0.15) is 40.0 Å². The molecule has 0 aromatic carbocycles. The molecule has 0 saturated carbocycles. The van der Waals surface area contributed by atoms with Crippen molar-refractivity contribution in [2.75, 3.05) is 19.6 Å². The number of hydrogen-bond acceptors (Lipinski definition) is 2. The normalized spacial score (nSPS) is 24.9. The van der Waals surface area contributed by atoms with Crippen LogP contribution in [-0.4, -0.2) is 30.6 Å². The number of nitrogens with two attached hydrogens (primary N) is 1. The van der Waals surface area contributed by atoms with Crippen LogP contribution in [-0.2, 0) is 0 Å². The highest BCUT2D eigenvalue weighted by molar-refractivity contribution is 4.78. The fraction of sp³-hybridized carbons (Fsp3) is 1.00. The van der Waals surface area contributed by atoms with E-state index in [1.807, 2.05) is 0 Å². The van der Waals surface area contributed by atoms with Crippen molar-refractivity contribution in [1.82, 2.24) is 4.90 Å². The van der Waals surface area contributed by atoms with E-state index in [1.54, 1.807) is 0 Å². The molecule has 1 rings (SSSR count). The Morgan fingerprint density at radius 3 is 2.29 bits per heavy atom. The average Bonchev–Trinajstić information content (AvgIpc) is 2.27. The minimum Gasteiger partial charge on any atom is -0.330 e. The molecule has 1 saturated heterocycles. The highest BCUT2D eigenvalue weighted by Crippen LogP contribution is 2.22. The number of likely N-dealkylation sites (tertiary alicyclic amines) is 1. The van der Waals surface area contributed by atoms with Crippen molar-refractivity contribution in [3.05, 3.63) is 0 Å². The third kappa shape index (κ3) is 2.96. The van der Waals surface area contributed by atoms with Crippen LogP contribution in [0.4, 0.5) is 0 Å². The Kier molecular flexibility index (Phi) is 4.90. The molecule has 0 radical (unpaired) electrons. The maximum atomic E-state index is 5.69. The molecule has 0 aromatic rings. The smallest absolute Gasteiger partial charge is 0.00924 e. The third-order valence-corrected chi connectivity index (χ3v) is 4.03. The van der Waals surface area contributed by atoms with Crippen molar-refractivity contribution in [1.29, 1.82) is 0 Å². The van der Waals surface area contributed by atoms with Crippen LogP contribution in [0.3, 0.4) is 0 Å². The van der Waals surface area contributed by atoms with E-state index in [1.165, 1.54) is 32.4 Å². The summed E-state index contributed by atoms with van der Waals surface area (Å²) in [5.74, 6) is 1.61. The summed E-state index contributed by atoms with van der Waals surface area (Å²) in [5.41, 5.74) is 5.69. The van der Waals surface area contributed by atoms with Gasteiger partial charge >= 0.3 is 0 Å². The van der Waals surface area contributed by atoms with Crippen LogP contribution in [0, 0.1) is 11.8 Å². The van der Waals surface area contributed by atoms with Gasteiger partial charge in [-0.3, -0.25) is 0 Å². The van der Waals surface area contributed by atoms with Gasteiger partial charge in [0.15, 0.2) is 0 Å². The van der Waals surface area contributed by atoms with Crippen molar-refractivity contribution in [2.45, 2.75) is 46.1 Å². The highest BCUT2D eigenvalue weighted by atomic mass is 15.2. The molecule has 2 nitrogen and oxygen atoms in total. The average molecular weight is 198 g/mol. The van der Waals surface area contributed by atoms with Gasteiger partial charge in [-0.1, -0.05) is 20.3 Å². The number of nitrogens with zero attached hydrogens (tertiary/aromatic N) is 1. The Hall–Kier alpha value is -0.0800. The second kappa shape index (κ2) is 5.72. The number of hydrogen-bond donors (Lipinski definition) is 1. The topological polar surface area (TPSA) is 29.3 Å². The zero-order valence-corrected chi connectivity index (χ0v) is 10.00. The van der Waals surface area contributed by atoms with E-state index in [0.717, 1.165) is 24.4 Å². The summed E-state index contributed by atoms with van der Waals surface area (Å²) in [5, 5.41) is 0. The molecule has 2 unspecified atom stereocenters. The Bertz CT molecular complexity index is 150. The van der Waals surface area contributed by atoms with Crippen LogP contribution in [0.25, 0.3) is 0 Å². The van der Waals surface area contributed by atoms with Crippen LogP contribution in [0.5, 0.6) is 0 Å². The second-order valence-corrected chi connectivity index (χ2v) is 4.84. The van der Waals surface area contributed by atoms with E-state index in [9.17, 15) is 0 Å². The summed E-state index contributed by atoms with van der Waals surface area (Å²) in [6, 6.07) is 0.749. The van der Waals surface area contributed by atoms with Gasteiger partial charge < -0.3 is 10.6 Å². The van der Waals surface area contributed by atoms with Crippen molar-refractivity contribution in [3.8, 4) is 0 Å². The molecule has 0 aliphatic carbocycles. The number of rotatable bonds is 4. The molecular formula is C12H26N2. The van der Waals surface area contributed by atoms with Crippen LogP contribution in [0.2, 0.25) is 0 Å². The van der Waals surface area contributed by atoms with E-state index in [0.29, 0.717) is 0 Å². The zero-order chi connectivity index (χ0) is 10.6. The van der Waals surface area contributed by atoms with Gasteiger partial charge in [0.2, 0.25) is 0 Å². The molecule has 2 N–H and O–H groups in total. The first kappa shape index (κ1) is 12.0. The number of piperidine rings is 1. The minimum atomic E-state index is 0.749. The molecule has 0 spiro atoms. The van der Waals surface area contributed by atoms with Crippen molar-refractivity contribution < 1.29 is 0 Å². The van der Waals surface area contributed by atoms with Gasteiger partial charge in [-0.15, -0.1) is 0 Å². The fourth-order valence-corrected chi connectivity index (χ4v) is 2.30. The lowest BCUT2D eigenvalue weighted by molar-refractivity contribution is 0.110. The van der Waals surface area contributed by atoms with Crippen molar-refractivity contribution >= 4 is 0 Å². The molecule has 1 aliphatic rings. The molecule has 2 heteroatoms. The lowest BCUT2D eigenvalue weighted by atomic mass is 9.92. The molecule has 84 valence electrons. The third-order valence-electron chi connectivity index (χ3n) is 4.03. The summed E-state index contributed by atoms with van der Waals surface area (Å²) in [4.78, 5) is 2.64. The first-order valence-electron chi connectivity index (χ1n) is 6.13. The van der Waals surface area contributed by atoms with Crippen molar-refractivity contribution in [3.63, 3.8) is 0 Å². The standard InChI is InChI=1S/C12H26N2/c1-4-10(2)11(3)14-7-5-12(9-13)6-8-14/h10-12H,4-9,13H2,1-3H3. The molecule has 14 heavy (non-hydrogen) atoms. The predicted octanol–water partition coefficient (Wildman–Crippen LogP) is 2.09. The van der Waals surface area contributed by atoms with Crippen LogP contribution < -0.4 is 5.73 Å². The Balaban J connectivity index is 2.33. The van der Waals surface area contributed by atoms with Crippen LogP contribution in [0.15, 0.2) is 0 Å². The molecule has 0 aromatic heterocycles. The van der Waals surface area contributed by atoms with Gasteiger partial charge in [0.1, 0.15) is 0 Å². The molecule has 1 fully saturated rings.